The molecule has 2 aliphatic heterocycles. The van der Waals surface area contributed by atoms with Gasteiger partial charge in [-0.15, -0.1) is 0 Å². The summed E-state index contributed by atoms with van der Waals surface area (Å²) in [6, 6.07) is 11.0. The molecule has 2 fully saturated rings. The number of nitrogens with one attached hydrogen (secondary N) is 1. The van der Waals surface area contributed by atoms with E-state index in [4.69, 9.17) is 4.74 Å². The number of nitrogens with zero attached hydrogens (tertiary/aromatic N) is 3. The summed E-state index contributed by atoms with van der Waals surface area (Å²) in [5.41, 5.74) is 1.36. The second kappa shape index (κ2) is 11.2. The summed E-state index contributed by atoms with van der Waals surface area (Å²) in [7, 11) is 0. The number of carbonyl (C=O) groups is 3. The number of hydrogen-bond donors (Lipinski definition) is 1. The van der Waals surface area contributed by atoms with E-state index >= 15 is 0 Å². The molecule has 3 heterocycles. The molecule has 0 unspecified atom stereocenters. The molecule has 1 aromatic heterocycles. The maximum atomic E-state index is 13.1. The summed E-state index contributed by atoms with van der Waals surface area (Å²) in [6.45, 7) is 8.39. The van der Waals surface area contributed by atoms with Crippen LogP contribution in [-0.4, -0.2) is 64.1 Å². The van der Waals surface area contributed by atoms with Crippen molar-refractivity contribution in [3.8, 4) is 0 Å². The number of ether oxygens (including phenoxy) is 1. The van der Waals surface area contributed by atoms with Crippen LogP contribution in [0.5, 0.6) is 0 Å². The van der Waals surface area contributed by atoms with Gasteiger partial charge in [-0.3, -0.25) is 9.59 Å². The van der Waals surface area contributed by atoms with E-state index in [0.29, 0.717) is 30.0 Å². The second-order valence-electron chi connectivity index (χ2n) is 10.7. The molecule has 2 aromatic rings. The molecule has 2 saturated heterocycles. The monoisotopic (exact) mass is 494 g/mol. The minimum atomic E-state index is -0.516. The molecular formula is C28H38N4O4. The van der Waals surface area contributed by atoms with Gasteiger partial charge >= 0.3 is 6.09 Å². The number of amides is 3. The van der Waals surface area contributed by atoms with Crippen molar-refractivity contribution in [3.63, 3.8) is 0 Å². The molecule has 1 aromatic carbocycles. The van der Waals surface area contributed by atoms with Crippen LogP contribution in [0.25, 0.3) is 0 Å². The Labute approximate surface area is 213 Å². The van der Waals surface area contributed by atoms with Gasteiger partial charge in [-0.1, -0.05) is 12.8 Å². The smallest absolute Gasteiger partial charge is 0.410 e. The zero-order valence-corrected chi connectivity index (χ0v) is 21.7. The Morgan fingerprint density at radius 3 is 2.11 bits per heavy atom. The summed E-state index contributed by atoms with van der Waals surface area (Å²) >= 11 is 0. The standard InChI is InChI=1S/C28H38N4O4/c1-28(2,3)36-27(35)31-19-14-23(15-20-31)32-18-8-9-24(32)25(33)29-22-12-10-21(11-13-22)26(34)30-16-6-4-5-7-17-30/h8-13,18,23H,4-7,14-17,19-20H2,1-3H3,(H,29,33). The van der Waals surface area contributed by atoms with E-state index in [0.717, 1.165) is 38.8 Å². The lowest BCUT2D eigenvalue weighted by atomic mass is 10.0. The van der Waals surface area contributed by atoms with E-state index < -0.39 is 5.60 Å². The van der Waals surface area contributed by atoms with Gasteiger partial charge in [0.2, 0.25) is 0 Å². The molecule has 36 heavy (non-hydrogen) atoms. The van der Waals surface area contributed by atoms with Gasteiger partial charge in [0.1, 0.15) is 11.3 Å². The average molecular weight is 495 g/mol. The van der Waals surface area contributed by atoms with Crippen LogP contribution in [0.1, 0.15) is 86.2 Å². The zero-order valence-electron chi connectivity index (χ0n) is 21.7. The van der Waals surface area contributed by atoms with E-state index in [-0.39, 0.29) is 23.9 Å². The first-order valence-corrected chi connectivity index (χ1v) is 13.1. The SMILES string of the molecule is CC(C)(C)OC(=O)N1CCC(n2cccc2C(=O)Nc2ccc(C(=O)N3CCCCCC3)cc2)CC1. The van der Waals surface area contributed by atoms with Gasteiger partial charge in [0.05, 0.1) is 0 Å². The third-order valence-electron chi connectivity index (χ3n) is 6.80. The van der Waals surface area contributed by atoms with Crippen molar-refractivity contribution in [1.29, 1.82) is 0 Å². The van der Waals surface area contributed by atoms with Crippen molar-refractivity contribution in [2.45, 2.75) is 70.9 Å². The topological polar surface area (TPSA) is 83.9 Å². The first-order chi connectivity index (χ1) is 17.2. The van der Waals surface area contributed by atoms with Crippen molar-refractivity contribution >= 4 is 23.6 Å². The Hall–Kier alpha value is -3.29. The summed E-state index contributed by atoms with van der Waals surface area (Å²) in [6.07, 6.45) is 7.61. The number of rotatable bonds is 4. The molecule has 4 rings (SSSR count). The molecule has 0 bridgehead atoms. The van der Waals surface area contributed by atoms with Crippen LogP contribution < -0.4 is 5.32 Å². The predicted octanol–water partition coefficient (Wildman–Crippen LogP) is 5.33. The van der Waals surface area contributed by atoms with Crippen LogP contribution in [0, 0.1) is 0 Å². The average Bonchev–Trinajstić information content (AvgIpc) is 3.18. The van der Waals surface area contributed by atoms with E-state index in [2.05, 4.69) is 5.32 Å². The van der Waals surface area contributed by atoms with Gasteiger partial charge in [-0.2, -0.15) is 0 Å². The van der Waals surface area contributed by atoms with Crippen LogP contribution in [-0.2, 0) is 4.74 Å². The highest BCUT2D eigenvalue weighted by Gasteiger charge is 2.29. The third-order valence-corrected chi connectivity index (χ3v) is 6.80. The number of carbonyl (C=O) groups excluding carboxylic acids is 3. The summed E-state index contributed by atoms with van der Waals surface area (Å²) < 4.78 is 7.49. The lowest BCUT2D eigenvalue weighted by molar-refractivity contribution is 0.0187. The Morgan fingerprint density at radius 2 is 1.50 bits per heavy atom. The van der Waals surface area contributed by atoms with Gasteiger partial charge in [-0.05, 0) is 82.9 Å². The number of aromatic nitrogens is 1. The quantitative estimate of drug-likeness (QED) is 0.623. The van der Waals surface area contributed by atoms with Gasteiger partial charge in [-0.25, -0.2) is 4.79 Å². The van der Waals surface area contributed by atoms with Crippen LogP contribution in [0.15, 0.2) is 42.6 Å². The molecule has 0 aliphatic carbocycles. The fraction of sp³-hybridized carbons (Fsp3) is 0.536. The van der Waals surface area contributed by atoms with Gasteiger partial charge < -0.3 is 24.4 Å². The maximum absolute atomic E-state index is 13.1. The molecule has 0 spiro atoms. The highest BCUT2D eigenvalue weighted by molar-refractivity contribution is 6.03. The highest BCUT2D eigenvalue weighted by Crippen LogP contribution is 2.26. The lowest BCUT2D eigenvalue weighted by Crippen LogP contribution is -2.42. The third kappa shape index (κ3) is 6.47. The van der Waals surface area contributed by atoms with Crippen molar-refractivity contribution in [1.82, 2.24) is 14.4 Å². The number of benzene rings is 1. The van der Waals surface area contributed by atoms with Crippen molar-refractivity contribution in [2.24, 2.45) is 0 Å². The molecule has 194 valence electrons. The highest BCUT2D eigenvalue weighted by atomic mass is 16.6. The fourth-order valence-electron chi connectivity index (χ4n) is 4.91. The van der Waals surface area contributed by atoms with E-state index in [1.807, 2.05) is 48.6 Å². The Morgan fingerprint density at radius 1 is 0.861 bits per heavy atom. The Kier molecular flexibility index (Phi) is 8.01. The fourth-order valence-corrected chi connectivity index (χ4v) is 4.91. The molecule has 0 saturated carbocycles. The van der Waals surface area contributed by atoms with Crippen LogP contribution in [0.3, 0.4) is 0 Å². The summed E-state index contributed by atoms with van der Waals surface area (Å²) in [5.74, 6) is -0.137. The van der Waals surface area contributed by atoms with Crippen LogP contribution in [0.4, 0.5) is 10.5 Å². The molecular weight excluding hydrogens is 456 g/mol. The predicted molar refractivity (Wildman–Crippen MR) is 139 cm³/mol. The van der Waals surface area contributed by atoms with E-state index in [1.54, 1.807) is 29.2 Å². The van der Waals surface area contributed by atoms with E-state index in [9.17, 15) is 14.4 Å². The van der Waals surface area contributed by atoms with Gasteiger partial charge in [0, 0.05) is 49.7 Å². The minimum absolute atomic E-state index is 0.0568. The molecule has 8 heteroatoms. The number of hydrogen-bond acceptors (Lipinski definition) is 4. The van der Waals surface area contributed by atoms with Crippen molar-refractivity contribution in [2.75, 3.05) is 31.5 Å². The molecule has 3 amide bonds. The minimum Gasteiger partial charge on any atom is -0.444 e. The van der Waals surface area contributed by atoms with Gasteiger partial charge in [0.15, 0.2) is 0 Å². The first kappa shape index (κ1) is 25.8. The number of piperidine rings is 1. The number of anilines is 1. The first-order valence-electron chi connectivity index (χ1n) is 13.1. The molecule has 2 aliphatic rings. The molecule has 0 radical (unpaired) electrons. The Bertz CT molecular complexity index is 1050. The summed E-state index contributed by atoms with van der Waals surface area (Å²) in [4.78, 5) is 41.9. The zero-order chi connectivity index (χ0) is 25.7. The van der Waals surface area contributed by atoms with E-state index in [1.165, 1.54) is 12.8 Å². The largest absolute Gasteiger partial charge is 0.444 e. The van der Waals surface area contributed by atoms with Crippen LogP contribution >= 0.6 is 0 Å². The molecule has 0 atom stereocenters. The lowest BCUT2D eigenvalue weighted by Gasteiger charge is -2.34. The number of likely N-dealkylation sites (tertiary alicyclic amines) is 2. The van der Waals surface area contributed by atoms with Gasteiger partial charge in [0.25, 0.3) is 11.8 Å². The molecule has 8 nitrogen and oxygen atoms in total. The van der Waals surface area contributed by atoms with Crippen LogP contribution in [0.2, 0.25) is 0 Å². The Balaban J connectivity index is 1.34. The van der Waals surface area contributed by atoms with Crippen molar-refractivity contribution in [3.05, 3.63) is 53.9 Å². The second-order valence-corrected chi connectivity index (χ2v) is 10.7. The normalized spacial score (nSPS) is 17.4. The molecule has 1 N–H and O–H groups in total. The maximum Gasteiger partial charge on any atom is 0.410 e. The summed E-state index contributed by atoms with van der Waals surface area (Å²) in [5, 5.41) is 2.96. The van der Waals surface area contributed by atoms with Crippen molar-refractivity contribution < 1.29 is 19.1 Å².